The molecule has 0 bridgehead atoms. The molecular weight excluding hydrogens is 489 g/mol. The lowest BCUT2D eigenvalue weighted by Crippen LogP contribution is -2.29. The Bertz CT molecular complexity index is 1240. The first-order chi connectivity index (χ1) is 17.6. The van der Waals surface area contributed by atoms with Crippen molar-refractivity contribution in [2.24, 2.45) is 0 Å². The number of aromatic nitrogens is 2. The minimum Gasteiger partial charge on any atom is -0.490 e. The van der Waals surface area contributed by atoms with Gasteiger partial charge in [0.25, 0.3) is 0 Å². The monoisotopic (exact) mass is 515 g/mol. The number of ether oxygens (including phenoxy) is 3. The van der Waals surface area contributed by atoms with E-state index in [4.69, 9.17) is 25.8 Å². The van der Waals surface area contributed by atoms with E-state index in [0.717, 1.165) is 18.2 Å². The molecule has 3 aromatic rings. The van der Waals surface area contributed by atoms with Crippen LogP contribution >= 0.6 is 11.6 Å². The van der Waals surface area contributed by atoms with Crippen LogP contribution in [0, 0.1) is 5.82 Å². The van der Waals surface area contributed by atoms with Crippen molar-refractivity contribution in [1.82, 2.24) is 20.2 Å². The number of rotatable bonds is 9. The third-order valence-electron chi connectivity index (χ3n) is 6.12. The standard InChI is InChI=1S/C25H27ClFN5O4/c26-19-12-16(2-3-20(19)27)31-24-18-13-23(36-17-4-10-34-11-5-17)22(14-21(18)29-15-30-24)35-9-1-7-32-8-6-28-25(32)33/h2-3,12-15,17H,1,4-11H2,(H,28,33)(H,29,30,31). The van der Waals surface area contributed by atoms with E-state index in [0.29, 0.717) is 74.4 Å². The van der Waals surface area contributed by atoms with Crippen molar-refractivity contribution in [3.63, 3.8) is 0 Å². The van der Waals surface area contributed by atoms with Gasteiger partial charge in [0.05, 0.1) is 30.4 Å². The largest absolute Gasteiger partial charge is 0.490 e. The van der Waals surface area contributed by atoms with Crippen molar-refractivity contribution in [2.75, 3.05) is 44.8 Å². The van der Waals surface area contributed by atoms with Crippen molar-refractivity contribution in [3.05, 3.63) is 47.5 Å². The predicted molar refractivity (Wildman–Crippen MR) is 134 cm³/mol. The number of hydrogen-bond acceptors (Lipinski definition) is 7. The first kappa shape index (κ1) is 24.3. The van der Waals surface area contributed by atoms with Crippen LogP contribution in [0.3, 0.4) is 0 Å². The first-order valence-electron chi connectivity index (χ1n) is 12.0. The number of nitrogens with one attached hydrogen (secondary N) is 2. The fraction of sp³-hybridized carbons (Fsp3) is 0.400. The van der Waals surface area contributed by atoms with Crippen LogP contribution in [-0.2, 0) is 4.74 Å². The second-order valence-corrected chi connectivity index (χ2v) is 9.05. The Labute approximate surface area is 212 Å². The molecule has 0 unspecified atom stereocenters. The number of halogens is 2. The maximum Gasteiger partial charge on any atom is 0.317 e. The second-order valence-electron chi connectivity index (χ2n) is 8.64. The Morgan fingerprint density at radius 3 is 2.83 bits per heavy atom. The van der Waals surface area contributed by atoms with Crippen molar-refractivity contribution < 1.29 is 23.4 Å². The predicted octanol–water partition coefficient (Wildman–Crippen LogP) is 4.52. The molecule has 0 aliphatic carbocycles. The lowest BCUT2D eigenvalue weighted by atomic mass is 10.1. The zero-order valence-corrected chi connectivity index (χ0v) is 20.4. The molecule has 5 rings (SSSR count). The molecule has 0 saturated carbocycles. The van der Waals surface area contributed by atoms with Crippen LogP contribution in [0.1, 0.15) is 19.3 Å². The maximum absolute atomic E-state index is 13.6. The van der Waals surface area contributed by atoms with Gasteiger partial charge >= 0.3 is 6.03 Å². The van der Waals surface area contributed by atoms with E-state index in [1.807, 2.05) is 12.1 Å². The number of urea groups is 1. The van der Waals surface area contributed by atoms with E-state index >= 15 is 0 Å². The summed E-state index contributed by atoms with van der Waals surface area (Å²) in [5.41, 5.74) is 1.26. The highest BCUT2D eigenvalue weighted by Crippen LogP contribution is 2.36. The molecule has 2 aliphatic rings. The third kappa shape index (κ3) is 5.71. The number of hydrogen-bond donors (Lipinski definition) is 2. The number of benzene rings is 2. The van der Waals surface area contributed by atoms with Crippen LogP contribution in [0.4, 0.5) is 20.7 Å². The summed E-state index contributed by atoms with van der Waals surface area (Å²) in [5.74, 6) is 1.21. The van der Waals surface area contributed by atoms with Gasteiger partial charge < -0.3 is 29.7 Å². The average molecular weight is 516 g/mol. The highest BCUT2D eigenvalue weighted by Gasteiger charge is 2.21. The van der Waals surface area contributed by atoms with E-state index in [2.05, 4.69) is 20.6 Å². The quantitative estimate of drug-likeness (QED) is 0.404. The van der Waals surface area contributed by atoms with E-state index in [-0.39, 0.29) is 17.2 Å². The molecule has 1 aromatic heterocycles. The number of anilines is 2. The van der Waals surface area contributed by atoms with Crippen molar-refractivity contribution >= 4 is 40.0 Å². The molecule has 9 nitrogen and oxygen atoms in total. The summed E-state index contributed by atoms with van der Waals surface area (Å²) < 4.78 is 31.5. The van der Waals surface area contributed by atoms with Gasteiger partial charge in [-0.15, -0.1) is 0 Å². The SMILES string of the molecule is O=C1NCCN1CCCOc1cc2ncnc(Nc3ccc(F)c(Cl)c3)c2cc1OC1CCOCC1. The van der Waals surface area contributed by atoms with E-state index in [1.54, 1.807) is 11.0 Å². The first-order valence-corrected chi connectivity index (χ1v) is 12.4. The molecule has 2 amide bonds. The summed E-state index contributed by atoms with van der Waals surface area (Å²) in [6, 6.07) is 8.04. The number of amides is 2. The van der Waals surface area contributed by atoms with Gasteiger partial charge in [0.2, 0.25) is 0 Å². The highest BCUT2D eigenvalue weighted by atomic mass is 35.5. The Morgan fingerprint density at radius 2 is 2.06 bits per heavy atom. The Morgan fingerprint density at radius 1 is 1.19 bits per heavy atom. The van der Waals surface area contributed by atoms with E-state index in [9.17, 15) is 9.18 Å². The van der Waals surface area contributed by atoms with Gasteiger partial charge in [-0.3, -0.25) is 0 Å². The number of nitrogens with zero attached hydrogens (tertiary/aromatic N) is 3. The van der Waals surface area contributed by atoms with Crippen molar-refractivity contribution in [1.29, 1.82) is 0 Å². The molecule has 190 valence electrons. The summed E-state index contributed by atoms with van der Waals surface area (Å²) in [4.78, 5) is 22.3. The van der Waals surface area contributed by atoms with Gasteiger partial charge in [0.1, 0.15) is 24.1 Å². The number of carbonyl (C=O) groups excluding carboxylic acids is 1. The smallest absolute Gasteiger partial charge is 0.317 e. The van der Waals surface area contributed by atoms with Crippen LogP contribution < -0.4 is 20.1 Å². The molecule has 11 heteroatoms. The lowest BCUT2D eigenvalue weighted by molar-refractivity contribution is 0.0243. The Hall–Kier alpha value is -3.37. The minimum atomic E-state index is -0.492. The van der Waals surface area contributed by atoms with Crippen LogP contribution in [-0.4, -0.2) is 66.5 Å². The van der Waals surface area contributed by atoms with Crippen molar-refractivity contribution in [3.8, 4) is 11.5 Å². The van der Waals surface area contributed by atoms with Gasteiger partial charge in [0, 0.05) is 49.6 Å². The fourth-order valence-electron chi connectivity index (χ4n) is 4.21. The van der Waals surface area contributed by atoms with Crippen LogP contribution in [0.15, 0.2) is 36.7 Å². The van der Waals surface area contributed by atoms with E-state index < -0.39 is 5.82 Å². The Balaban J connectivity index is 1.38. The highest BCUT2D eigenvalue weighted by molar-refractivity contribution is 6.31. The molecule has 2 aromatic carbocycles. The Kier molecular flexibility index (Phi) is 7.52. The molecule has 36 heavy (non-hydrogen) atoms. The molecule has 2 fully saturated rings. The molecule has 0 spiro atoms. The fourth-order valence-corrected chi connectivity index (χ4v) is 4.40. The van der Waals surface area contributed by atoms with Gasteiger partial charge in [-0.2, -0.15) is 0 Å². The summed E-state index contributed by atoms with van der Waals surface area (Å²) >= 11 is 5.94. The van der Waals surface area contributed by atoms with Crippen LogP contribution in [0.5, 0.6) is 11.5 Å². The number of carbonyl (C=O) groups is 1. The van der Waals surface area contributed by atoms with Crippen LogP contribution in [0.2, 0.25) is 5.02 Å². The van der Waals surface area contributed by atoms with E-state index in [1.165, 1.54) is 18.5 Å². The number of fused-ring (bicyclic) bond motifs is 1. The zero-order valence-electron chi connectivity index (χ0n) is 19.6. The zero-order chi connectivity index (χ0) is 24.9. The minimum absolute atomic E-state index is 0.00351. The molecule has 3 heterocycles. The molecule has 2 N–H and O–H groups in total. The summed E-state index contributed by atoms with van der Waals surface area (Å²) in [7, 11) is 0. The molecule has 2 saturated heterocycles. The summed E-state index contributed by atoms with van der Waals surface area (Å²) in [6.07, 6.45) is 3.70. The summed E-state index contributed by atoms with van der Waals surface area (Å²) in [5, 5.41) is 6.73. The summed E-state index contributed by atoms with van der Waals surface area (Å²) in [6.45, 7) is 3.71. The van der Waals surface area contributed by atoms with Gasteiger partial charge in [0.15, 0.2) is 11.5 Å². The molecule has 2 aliphatic heterocycles. The normalized spacial score (nSPS) is 16.3. The van der Waals surface area contributed by atoms with Gasteiger partial charge in [-0.05, 0) is 30.7 Å². The average Bonchev–Trinajstić information content (AvgIpc) is 3.29. The lowest BCUT2D eigenvalue weighted by Gasteiger charge is -2.25. The maximum atomic E-state index is 13.6. The second kappa shape index (κ2) is 11.1. The molecule has 0 radical (unpaired) electrons. The molecule has 0 atom stereocenters. The third-order valence-corrected chi connectivity index (χ3v) is 6.41. The van der Waals surface area contributed by atoms with Crippen molar-refractivity contribution in [2.45, 2.75) is 25.4 Å². The van der Waals surface area contributed by atoms with Gasteiger partial charge in [-0.25, -0.2) is 19.2 Å². The van der Waals surface area contributed by atoms with Crippen LogP contribution in [0.25, 0.3) is 10.9 Å². The topological polar surface area (TPSA) is 97.8 Å². The van der Waals surface area contributed by atoms with Gasteiger partial charge in [-0.1, -0.05) is 11.6 Å². The molecular formula is C25H27ClFN5O4.